The number of nitrogens with zero attached hydrogens (tertiary/aromatic N) is 3. The van der Waals surface area contributed by atoms with E-state index >= 15 is 0 Å². The summed E-state index contributed by atoms with van der Waals surface area (Å²) in [6, 6.07) is 9.14. The Hall–Kier alpha value is -3.20. The summed E-state index contributed by atoms with van der Waals surface area (Å²) in [7, 11) is -2.18. The normalized spacial score (nSPS) is 13.6. The minimum absolute atomic E-state index is 0.0475. The molecule has 4 rings (SSSR count). The van der Waals surface area contributed by atoms with Gasteiger partial charge in [-0.1, -0.05) is 19.1 Å². The molecule has 0 aliphatic carbocycles. The standard InChI is InChI=1S/C22H22FN3O4S/c1-3-11-31(29,30)25(2)20-16-5-4-10-24-19(16)21(27)18-17(20)13-26(22(18)28)12-14-6-8-15(23)9-7-14/h4-10,27H,3,11-13H2,1-2H3. The van der Waals surface area contributed by atoms with E-state index in [0.717, 1.165) is 5.56 Å². The van der Waals surface area contributed by atoms with Gasteiger partial charge in [-0.25, -0.2) is 12.8 Å². The Morgan fingerprint density at radius 1 is 1.23 bits per heavy atom. The summed E-state index contributed by atoms with van der Waals surface area (Å²) in [5, 5.41) is 11.3. The molecule has 1 aromatic heterocycles. The number of pyridine rings is 1. The van der Waals surface area contributed by atoms with Crippen LogP contribution >= 0.6 is 0 Å². The molecule has 0 saturated carbocycles. The lowest BCUT2D eigenvalue weighted by Gasteiger charge is -2.24. The summed E-state index contributed by atoms with van der Waals surface area (Å²) in [4.78, 5) is 18.9. The van der Waals surface area contributed by atoms with Crippen LogP contribution in [0, 0.1) is 5.82 Å². The Balaban J connectivity index is 1.86. The van der Waals surface area contributed by atoms with E-state index in [4.69, 9.17) is 0 Å². The molecule has 7 nitrogen and oxygen atoms in total. The average Bonchev–Trinajstić information content (AvgIpc) is 3.06. The second-order valence-corrected chi connectivity index (χ2v) is 9.64. The Labute approximate surface area is 179 Å². The zero-order valence-electron chi connectivity index (χ0n) is 17.2. The van der Waals surface area contributed by atoms with Crippen molar-refractivity contribution in [1.29, 1.82) is 0 Å². The molecule has 0 fully saturated rings. The molecular formula is C22H22FN3O4S. The molecule has 9 heteroatoms. The van der Waals surface area contributed by atoms with Gasteiger partial charge in [0.2, 0.25) is 10.0 Å². The number of amides is 1. The number of phenols is 1. The molecule has 0 unspecified atom stereocenters. The summed E-state index contributed by atoms with van der Waals surface area (Å²) >= 11 is 0. The molecule has 0 saturated heterocycles. The molecule has 2 aromatic carbocycles. The molecule has 0 radical (unpaired) electrons. The maximum atomic E-state index is 13.2. The van der Waals surface area contributed by atoms with Crippen LogP contribution in [0.15, 0.2) is 42.6 Å². The third-order valence-electron chi connectivity index (χ3n) is 5.44. The molecule has 1 aliphatic rings. The largest absolute Gasteiger partial charge is 0.505 e. The van der Waals surface area contributed by atoms with Gasteiger partial charge in [0, 0.05) is 37.3 Å². The van der Waals surface area contributed by atoms with E-state index in [9.17, 15) is 22.7 Å². The number of carbonyl (C=O) groups excluding carboxylic acids is 1. The third kappa shape index (κ3) is 3.59. The summed E-state index contributed by atoms with van der Waals surface area (Å²) in [6.07, 6.45) is 1.92. The van der Waals surface area contributed by atoms with Crippen LogP contribution in [0.4, 0.5) is 10.1 Å². The van der Waals surface area contributed by atoms with Crippen molar-refractivity contribution in [2.24, 2.45) is 0 Å². The Morgan fingerprint density at radius 2 is 1.94 bits per heavy atom. The van der Waals surface area contributed by atoms with Gasteiger partial charge in [-0.3, -0.25) is 14.1 Å². The maximum Gasteiger partial charge on any atom is 0.258 e. The van der Waals surface area contributed by atoms with Crippen LogP contribution in [0.2, 0.25) is 0 Å². The van der Waals surface area contributed by atoms with Gasteiger partial charge < -0.3 is 10.0 Å². The minimum Gasteiger partial charge on any atom is -0.505 e. The molecular weight excluding hydrogens is 421 g/mol. The maximum absolute atomic E-state index is 13.2. The van der Waals surface area contributed by atoms with Crippen molar-refractivity contribution < 1.29 is 22.7 Å². The lowest BCUT2D eigenvalue weighted by atomic mass is 10.0. The number of carbonyl (C=O) groups is 1. The fourth-order valence-corrected chi connectivity index (χ4v) is 5.24. The number of benzene rings is 2. The zero-order valence-corrected chi connectivity index (χ0v) is 18.0. The number of aromatic nitrogens is 1. The summed E-state index contributed by atoms with van der Waals surface area (Å²) in [6.45, 7) is 2.09. The monoisotopic (exact) mass is 443 g/mol. The number of sulfonamides is 1. The number of hydrogen-bond acceptors (Lipinski definition) is 5. The highest BCUT2D eigenvalue weighted by atomic mass is 32.2. The van der Waals surface area contributed by atoms with Crippen molar-refractivity contribution in [3.8, 4) is 5.75 Å². The van der Waals surface area contributed by atoms with Gasteiger partial charge in [0.1, 0.15) is 11.3 Å². The van der Waals surface area contributed by atoms with Crippen LogP contribution in [-0.4, -0.2) is 42.1 Å². The van der Waals surface area contributed by atoms with Gasteiger partial charge in [0.15, 0.2) is 5.75 Å². The van der Waals surface area contributed by atoms with E-state index in [1.807, 2.05) is 0 Å². The lowest BCUT2D eigenvalue weighted by molar-refractivity contribution is 0.0764. The predicted octanol–water partition coefficient (Wildman–Crippen LogP) is 3.41. The van der Waals surface area contributed by atoms with Gasteiger partial charge in [-0.2, -0.15) is 0 Å². The molecule has 0 atom stereocenters. The average molecular weight is 444 g/mol. The van der Waals surface area contributed by atoms with Crippen molar-refractivity contribution in [3.63, 3.8) is 0 Å². The molecule has 3 aromatic rings. The first-order chi connectivity index (χ1) is 14.7. The fourth-order valence-electron chi connectivity index (χ4n) is 3.96. The Bertz CT molecular complexity index is 1280. The van der Waals surface area contributed by atoms with E-state index < -0.39 is 15.9 Å². The van der Waals surface area contributed by atoms with Crippen LogP contribution in [0.25, 0.3) is 10.9 Å². The van der Waals surface area contributed by atoms with Crippen LogP contribution in [0.3, 0.4) is 0 Å². The molecule has 1 amide bonds. The van der Waals surface area contributed by atoms with E-state index in [1.165, 1.54) is 34.6 Å². The molecule has 1 aliphatic heterocycles. The van der Waals surface area contributed by atoms with E-state index in [0.29, 0.717) is 23.1 Å². The molecule has 0 bridgehead atoms. The topological polar surface area (TPSA) is 90.8 Å². The van der Waals surface area contributed by atoms with Crippen molar-refractivity contribution >= 4 is 32.5 Å². The highest BCUT2D eigenvalue weighted by Gasteiger charge is 2.37. The predicted molar refractivity (Wildman–Crippen MR) is 116 cm³/mol. The Morgan fingerprint density at radius 3 is 2.61 bits per heavy atom. The van der Waals surface area contributed by atoms with E-state index in [1.54, 1.807) is 31.2 Å². The van der Waals surface area contributed by atoms with Crippen LogP contribution in [0.5, 0.6) is 5.75 Å². The SMILES string of the molecule is CCCS(=O)(=O)N(C)c1c2c(c(O)c3ncccc13)C(=O)N(Cc1ccc(F)cc1)C2. The second kappa shape index (κ2) is 7.81. The second-order valence-electron chi connectivity index (χ2n) is 7.52. The number of halogens is 1. The number of fused-ring (bicyclic) bond motifs is 2. The summed E-state index contributed by atoms with van der Waals surface area (Å²) in [5.74, 6) is -1.11. The first-order valence-corrected chi connectivity index (χ1v) is 11.5. The van der Waals surface area contributed by atoms with Gasteiger partial charge in [-0.15, -0.1) is 0 Å². The first-order valence-electron chi connectivity index (χ1n) is 9.87. The zero-order chi connectivity index (χ0) is 22.3. The van der Waals surface area contributed by atoms with E-state index in [2.05, 4.69) is 4.98 Å². The number of phenolic OH excluding ortho intramolecular Hbond substituents is 1. The highest BCUT2D eigenvalue weighted by molar-refractivity contribution is 7.92. The van der Waals surface area contributed by atoms with Crippen LogP contribution in [-0.2, 0) is 23.1 Å². The van der Waals surface area contributed by atoms with Gasteiger partial charge >= 0.3 is 0 Å². The quantitative estimate of drug-likeness (QED) is 0.631. The summed E-state index contributed by atoms with van der Waals surface area (Å²) < 4.78 is 40.1. The third-order valence-corrected chi connectivity index (χ3v) is 7.38. The minimum atomic E-state index is -3.64. The molecule has 31 heavy (non-hydrogen) atoms. The first kappa shape index (κ1) is 21.0. The smallest absolute Gasteiger partial charge is 0.258 e. The number of aromatic hydroxyl groups is 1. The Kier molecular flexibility index (Phi) is 5.30. The van der Waals surface area contributed by atoms with E-state index in [-0.39, 0.29) is 41.5 Å². The van der Waals surface area contributed by atoms with Gasteiger partial charge in [-0.05, 0) is 36.2 Å². The van der Waals surface area contributed by atoms with Gasteiger partial charge in [0.25, 0.3) is 5.91 Å². The van der Waals surface area contributed by atoms with Crippen LogP contribution < -0.4 is 4.31 Å². The summed E-state index contributed by atoms with van der Waals surface area (Å²) in [5.41, 5.74) is 1.73. The number of hydrogen-bond donors (Lipinski definition) is 1. The molecule has 1 N–H and O–H groups in total. The van der Waals surface area contributed by atoms with Crippen molar-refractivity contribution in [2.45, 2.75) is 26.4 Å². The number of rotatable bonds is 6. The lowest BCUT2D eigenvalue weighted by Crippen LogP contribution is -2.30. The van der Waals surface area contributed by atoms with Gasteiger partial charge in [0.05, 0.1) is 17.0 Å². The highest BCUT2D eigenvalue weighted by Crippen LogP contribution is 2.44. The molecule has 2 heterocycles. The van der Waals surface area contributed by atoms with Crippen molar-refractivity contribution in [1.82, 2.24) is 9.88 Å². The van der Waals surface area contributed by atoms with Crippen molar-refractivity contribution in [3.05, 3.63) is 65.1 Å². The molecule has 0 spiro atoms. The fraction of sp³-hybridized carbons (Fsp3) is 0.273. The number of anilines is 1. The van der Waals surface area contributed by atoms with Crippen LogP contribution in [0.1, 0.15) is 34.8 Å². The molecule has 162 valence electrons. The van der Waals surface area contributed by atoms with Crippen molar-refractivity contribution in [2.75, 3.05) is 17.1 Å².